The van der Waals surface area contributed by atoms with Crippen LogP contribution in [0.1, 0.15) is 17.6 Å². The average Bonchev–Trinajstić information content (AvgIpc) is 2.15. The number of hydrogen-bond acceptors (Lipinski definition) is 1. The van der Waals surface area contributed by atoms with Gasteiger partial charge < -0.3 is 4.74 Å². The molecular weight excluding hydrogens is 299 g/mol. The lowest BCUT2D eigenvalue weighted by molar-refractivity contribution is -0.274. The highest BCUT2D eigenvalue weighted by Gasteiger charge is 2.31. The highest BCUT2D eigenvalue weighted by Crippen LogP contribution is 2.31. The third-order valence-electron chi connectivity index (χ3n) is 1.73. The van der Waals surface area contributed by atoms with E-state index in [0.29, 0.717) is 6.07 Å². The van der Waals surface area contributed by atoms with E-state index in [1.54, 1.807) is 0 Å². The molecule has 0 aliphatic heterocycles. The van der Waals surface area contributed by atoms with E-state index < -0.39 is 24.1 Å². The summed E-state index contributed by atoms with van der Waals surface area (Å²) < 4.78 is 64.0. The summed E-state index contributed by atoms with van der Waals surface area (Å²) in [5, 5.41) is 0.138. The molecule has 0 fully saturated rings. The van der Waals surface area contributed by atoms with Crippen molar-refractivity contribution in [1.82, 2.24) is 0 Å². The van der Waals surface area contributed by atoms with Gasteiger partial charge in [-0.3, -0.25) is 0 Å². The molecule has 0 heterocycles. The minimum Gasteiger partial charge on any atom is -0.406 e. The van der Waals surface area contributed by atoms with Gasteiger partial charge in [0.25, 0.3) is 6.43 Å². The lowest BCUT2D eigenvalue weighted by atomic mass is 10.1. The Kier molecular flexibility index (Phi) is 4.12. The van der Waals surface area contributed by atoms with Crippen molar-refractivity contribution < 1.29 is 26.7 Å². The molecule has 7 heteroatoms. The fourth-order valence-electron chi connectivity index (χ4n) is 1.09. The Morgan fingerprint density at radius 1 is 1.25 bits per heavy atom. The van der Waals surface area contributed by atoms with Crippen molar-refractivity contribution in [1.29, 1.82) is 0 Å². The second-order valence-electron chi connectivity index (χ2n) is 2.84. The molecule has 0 N–H and O–H groups in total. The zero-order valence-corrected chi connectivity index (χ0v) is 9.28. The van der Waals surface area contributed by atoms with E-state index >= 15 is 0 Å². The molecule has 0 saturated heterocycles. The third kappa shape index (κ3) is 3.62. The molecule has 1 nitrogen and oxygen atoms in total. The maximum absolute atomic E-state index is 12.5. The maximum Gasteiger partial charge on any atom is 0.573 e. The van der Waals surface area contributed by atoms with Gasteiger partial charge in [0, 0.05) is 10.9 Å². The molecular formula is C9H6BrF5O. The van der Waals surface area contributed by atoms with Crippen LogP contribution in [0.25, 0.3) is 0 Å². The van der Waals surface area contributed by atoms with Gasteiger partial charge in [-0.05, 0) is 17.7 Å². The minimum absolute atomic E-state index is 0.138. The first-order valence-electron chi connectivity index (χ1n) is 4.06. The molecule has 90 valence electrons. The number of hydrogen-bond donors (Lipinski definition) is 0. The van der Waals surface area contributed by atoms with E-state index in [1.807, 2.05) is 0 Å². The fraction of sp³-hybridized carbons (Fsp3) is 0.333. The Morgan fingerprint density at radius 2 is 1.88 bits per heavy atom. The van der Waals surface area contributed by atoms with Crippen LogP contribution in [-0.2, 0) is 5.33 Å². The molecule has 16 heavy (non-hydrogen) atoms. The standard InChI is InChI=1S/C9H6BrF5O/c10-4-5-1-2-6(16-9(13,14)15)3-7(5)8(11)12/h1-3,8H,4H2. The first-order chi connectivity index (χ1) is 7.33. The Hall–Kier alpha value is -0.850. The zero-order chi connectivity index (χ0) is 12.3. The van der Waals surface area contributed by atoms with Crippen molar-refractivity contribution >= 4 is 15.9 Å². The summed E-state index contributed by atoms with van der Waals surface area (Å²) >= 11 is 2.97. The summed E-state index contributed by atoms with van der Waals surface area (Å²) in [7, 11) is 0. The SMILES string of the molecule is FC(F)c1cc(OC(F)(F)F)ccc1CBr. The largest absolute Gasteiger partial charge is 0.573 e. The molecule has 1 rings (SSSR count). The summed E-state index contributed by atoms with van der Waals surface area (Å²) in [5.74, 6) is -0.646. The van der Waals surface area contributed by atoms with Gasteiger partial charge in [0.1, 0.15) is 5.75 Å². The van der Waals surface area contributed by atoms with Crippen molar-refractivity contribution in [3.63, 3.8) is 0 Å². The smallest absolute Gasteiger partial charge is 0.406 e. The molecule has 0 bridgehead atoms. The molecule has 0 atom stereocenters. The van der Waals surface area contributed by atoms with E-state index in [1.165, 1.54) is 0 Å². The summed E-state index contributed by atoms with van der Waals surface area (Å²) in [4.78, 5) is 0. The van der Waals surface area contributed by atoms with Crippen LogP contribution in [0.3, 0.4) is 0 Å². The Balaban J connectivity index is 3.02. The lowest BCUT2D eigenvalue weighted by Gasteiger charge is -2.12. The van der Waals surface area contributed by atoms with E-state index in [2.05, 4.69) is 20.7 Å². The van der Waals surface area contributed by atoms with Crippen LogP contribution >= 0.6 is 15.9 Å². The van der Waals surface area contributed by atoms with Crippen LogP contribution in [0.2, 0.25) is 0 Å². The molecule has 0 aliphatic rings. The Bertz CT molecular complexity index is 363. The summed E-state index contributed by atoms with van der Waals surface area (Å²) in [6, 6.07) is 2.85. The molecule has 1 aromatic rings. The lowest BCUT2D eigenvalue weighted by Crippen LogP contribution is -2.17. The van der Waals surface area contributed by atoms with Crippen LogP contribution < -0.4 is 4.74 Å². The monoisotopic (exact) mass is 304 g/mol. The van der Waals surface area contributed by atoms with E-state index in [9.17, 15) is 22.0 Å². The first kappa shape index (κ1) is 13.2. The first-order valence-corrected chi connectivity index (χ1v) is 5.18. The Morgan fingerprint density at radius 3 is 2.31 bits per heavy atom. The summed E-state index contributed by atoms with van der Waals surface area (Å²) in [6.07, 6.45) is -7.72. The quantitative estimate of drug-likeness (QED) is 0.593. The van der Waals surface area contributed by atoms with Crippen LogP contribution in [0.15, 0.2) is 18.2 Å². The van der Waals surface area contributed by atoms with Gasteiger partial charge in [-0.1, -0.05) is 22.0 Å². The molecule has 0 aliphatic carbocycles. The van der Waals surface area contributed by atoms with Crippen molar-refractivity contribution in [2.75, 3.05) is 0 Å². The topological polar surface area (TPSA) is 9.23 Å². The molecule has 0 saturated carbocycles. The van der Waals surface area contributed by atoms with Gasteiger partial charge in [-0.15, -0.1) is 13.2 Å². The van der Waals surface area contributed by atoms with Crippen molar-refractivity contribution in [2.24, 2.45) is 0 Å². The number of ether oxygens (including phenoxy) is 1. The van der Waals surface area contributed by atoms with Gasteiger partial charge in [-0.25, -0.2) is 8.78 Å². The zero-order valence-electron chi connectivity index (χ0n) is 7.69. The van der Waals surface area contributed by atoms with Crippen LogP contribution in [-0.4, -0.2) is 6.36 Å². The normalized spacial score (nSPS) is 11.9. The van der Waals surface area contributed by atoms with Crippen LogP contribution in [0.4, 0.5) is 22.0 Å². The van der Waals surface area contributed by atoms with Crippen molar-refractivity contribution in [3.8, 4) is 5.75 Å². The predicted octanol–water partition coefficient (Wildman–Crippen LogP) is 4.42. The van der Waals surface area contributed by atoms with Gasteiger partial charge in [-0.2, -0.15) is 0 Å². The molecule has 0 spiro atoms. The molecule has 0 radical (unpaired) electrons. The number of rotatable bonds is 3. The predicted molar refractivity (Wildman–Crippen MR) is 50.7 cm³/mol. The molecule has 0 amide bonds. The van der Waals surface area contributed by atoms with Gasteiger partial charge >= 0.3 is 6.36 Å². The highest BCUT2D eigenvalue weighted by molar-refractivity contribution is 9.08. The van der Waals surface area contributed by atoms with Crippen LogP contribution in [0.5, 0.6) is 5.75 Å². The maximum atomic E-state index is 12.5. The van der Waals surface area contributed by atoms with Gasteiger partial charge in [0.2, 0.25) is 0 Å². The highest BCUT2D eigenvalue weighted by atomic mass is 79.9. The molecule has 0 unspecified atom stereocenters. The van der Waals surface area contributed by atoms with E-state index in [-0.39, 0.29) is 10.9 Å². The second-order valence-corrected chi connectivity index (χ2v) is 3.40. The fourth-order valence-corrected chi connectivity index (χ4v) is 1.61. The van der Waals surface area contributed by atoms with Crippen LogP contribution in [0, 0.1) is 0 Å². The van der Waals surface area contributed by atoms with E-state index in [0.717, 1.165) is 12.1 Å². The second kappa shape index (κ2) is 4.99. The van der Waals surface area contributed by atoms with Gasteiger partial charge in [0.15, 0.2) is 0 Å². The van der Waals surface area contributed by atoms with Crippen molar-refractivity contribution in [3.05, 3.63) is 29.3 Å². The van der Waals surface area contributed by atoms with Gasteiger partial charge in [0.05, 0.1) is 0 Å². The number of benzene rings is 1. The minimum atomic E-state index is -4.88. The van der Waals surface area contributed by atoms with Crippen molar-refractivity contribution in [2.45, 2.75) is 18.1 Å². The van der Waals surface area contributed by atoms with E-state index in [4.69, 9.17) is 0 Å². The summed E-state index contributed by atoms with van der Waals surface area (Å²) in [5.41, 5.74) is -0.247. The molecule has 1 aromatic carbocycles. The number of alkyl halides is 6. The average molecular weight is 305 g/mol. The summed E-state index contributed by atoms with van der Waals surface area (Å²) in [6.45, 7) is 0. The third-order valence-corrected chi connectivity index (χ3v) is 2.33. The number of halogens is 6. The molecule has 0 aromatic heterocycles. The Labute approximate surface area is 96.3 Å².